The van der Waals surface area contributed by atoms with Crippen LogP contribution < -0.4 is 0 Å². The van der Waals surface area contributed by atoms with Crippen molar-refractivity contribution in [3.8, 4) is 0 Å². The summed E-state index contributed by atoms with van der Waals surface area (Å²) >= 11 is 0. The molecule has 4 atom stereocenters. The summed E-state index contributed by atoms with van der Waals surface area (Å²) in [5, 5.41) is 10.3. The van der Waals surface area contributed by atoms with Gasteiger partial charge < -0.3 is 23.1 Å². The predicted molar refractivity (Wildman–Crippen MR) is 96.6 cm³/mol. The van der Waals surface area contributed by atoms with Gasteiger partial charge in [0, 0.05) is 0 Å². The molecular weight excluding hydrogens is 332 g/mol. The highest BCUT2D eigenvalue weighted by Gasteiger charge is 2.46. The van der Waals surface area contributed by atoms with E-state index in [0.29, 0.717) is 6.61 Å². The van der Waals surface area contributed by atoms with Gasteiger partial charge in [-0.3, -0.25) is 0 Å². The van der Waals surface area contributed by atoms with Crippen molar-refractivity contribution in [1.29, 1.82) is 0 Å². The first kappa shape index (κ1) is 20.5. The molecule has 132 valence electrons. The number of rotatable bonds is 6. The molecule has 0 aliphatic carbocycles. The van der Waals surface area contributed by atoms with Crippen LogP contribution >= 0.6 is 0 Å². The summed E-state index contributed by atoms with van der Waals surface area (Å²) in [5.41, 5.74) is 0. The minimum atomic E-state index is -1.84. The lowest BCUT2D eigenvalue weighted by molar-refractivity contribution is -0.240. The Morgan fingerprint density at radius 1 is 0.727 bits per heavy atom. The van der Waals surface area contributed by atoms with E-state index in [2.05, 4.69) is 58.9 Å². The van der Waals surface area contributed by atoms with Crippen molar-refractivity contribution < 1.29 is 23.1 Å². The summed E-state index contributed by atoms with van der Waals surface area (Å²) < 4.78 is 24.3. The Hall–Kier alpha value is 0.451. The molecule has 1 rings (SSSR count). The van der Waals surface area contributed by atoms with Crippen LogP contribution in [0, 0.1) is 0 Å². The van der Waals surface area contributed by atoms with Crippen LogP contribution in [0.1, 0.15) is 0 Å². The van der Waals surface area contributed by atoms with Crippen molar-refractivity contribution in [2.24, 2.45) is 0 Å². The first-order valence-corrected chi connectivity index (χ1v) is 18.2. The minimum absolute atomic E-state index is 0.178. The Morgan fingerprint density at radius 2 is 1.14 bits per heavy atom. The molecule has 1 N–H and O–H groups in total. The van der Waals surface area contributed by atoms with Crippen molar-refractivity contribution in [1.82, 2.24) is 0 Å². The second-order valence-corrected chi connectivity index (χ2v) is 22.3. The van der Waals surface area contributed by atoms with Crippen LogP contribution in [0.15, 0.2) is 0 Å². The average molecular weight is 367 g/mol. The molecule has 22 heavy (non-hydrogen) atoms. The maximum atomic E-state index is 10.3. The molecule has 8 heteroatoms. The Kier molecular flexibility index (Phi) is 6.65. The third kappa shape index (κ3) is 7.35. The predicted octanol–water partition coefficient (Wildman–Crippen LogP) is 3.00. The zero-order chi connectivity index (χ0) is 17.3. The van der Waals surface area contributed by atoms with Crippen LogP contribution in [0.4, 0.5) is 0 Å². The average Bonchev–Trinajstić information content (AvgIpc) is 2.22. The van der Waals surface area contributed by atoms with E-state index >= 15 is 0 Å². The minimum Gasteiger partial charge on any atom is -0.410 e. The van der Waals surface area contributed by atoms with Gasteiger partial charge in [0.2, 0.25) is 0 Å². The summed E-state index contributed by atoms with van der Waals surface area (Å²) in [5.74, 6) is 0. The number of aliphatic hydroxyl groups is 1. The molecule has 0 aromatic rings. The quantitative estimate of drug-likeness (QED) is 0.732. The zero-order valence-electron chi connectivity index (χ0n) is 15.6. The maximum absolute atomic E-state index is 10.3. The smallest absolute Gasteiger partial charge is 0.184 e. The normalized spacial score (nSPS) is 31.4. The van der Waals surface area contributed by atoms with E-state index < -0.39 is 37.3 Å². The van der Waals surface area contributed by atoms with E-state index in [9.17, 15) is 5.11 Å². The van der Waals surface area contributed by atoms with E-state index in [-0.39, 0.29) is 12.2 Å². The molecule has 0 bridgehead atoms. The van der Waals surface area contributed by atoms with Gasteiger partial charge >= 0.3 is 0 Å². The lowest BCUT2D eigenvalue weighted by Crippen LogP contribution is -2.61. The second-order valence-electron chi connectivity index (χ2n) is 8.88. The van der Waals surface area contributed by atoms with Gasteiger partial charge in [0.15, 0.2) is 31.2 Å². The van der Waals surface area contributed by atoms with Gasteiger partial charge in [0.05, 0.1) is 12.7 Å². The van der Waals surface area contributed by atoms with Gasteiger partial charge in [-0.2, -0.15) is 0 Å². The highest BCUT2D eigenvalue weighted by Crippen LogP contribution is 2.29. The maximum Gasteiger partial charge on any atom is 0.184 e. The van der Waals surface area contributed by atoms with E-state index in [4.69, 9.17) is 18.0 Å². The Labute approximate surface area is 138 Å². The molecule has 1 heterocycles. The Morgan fingerprint density at radius 3 is 1.55 bits per heavy atom. The highest BCUT2D eigenvalue weighted by atomic mass is 28.4. The first-order valence-electron chi connectivity index (χ1n) is 8.01. The molecule has 5 nitrogen and oxygen atoms in total. The van der Waals surface area contributed by atoms with Crippen LogP contribution in [-0.4, -0.2) is 61.3 Å². The molecule has 0 aromatic heterocycles. The van der Waals surface area contributed by atoms with Gasteiger partial charge in [-0.15, -0.1) is 0 Å². The summed E-state index contributed by atoms with van der Waals surface area (Å²) in [7, 11) is -5.39. The van der Waals surface area contributed by atoms with Gasteiger partial charge in [0.25, 0.3) is 0 Å². The van der Waals surface area contributed by atoms with Crippen molar-refractivity contribution >= 4 is 25.0 Å². The molecule has 0 unspecified atom stereocenters. The third-order valence-corrected chi connectivity index (χ3v) is 5.86. The fraction of sp³-hybridized carbons (Fsp3) is 1.00. The van der Waals surface area contributed by atoms with Crippen LogP contribution in [0.25, 0.3) is 0 Å². The van der Waals surface area contributed by atoms with Gasteiger partial charge in [-0.25, -0.2) is 0 Å². The van der Waals surface area contributed by atoms with Crippen molar-refractivity contribution in [2.75, 3.05) is 6.61 Å². The molecule has 0 spiro atoms. The molecule has 1 aliphatic heterocycles. The molecule has 0 saturated carbocycles. The SMILES string of the molecule is C[Si](C)(C)O[C@H]1[C@H](O[Si](C)(C)C)[C@@H](O)OC[C@@H]1O[Si](C)(C)C. The van der Waals surface area contributed by atoms with Crippen LogP contribution in [0.2, 0.25) is 58.9 Å². The molecule has 0 amide bonds. The van der Waals surface area contributed by atoms with Crippen molar-refractivity contribution in [2.45, 2.75) is 83.5 Å². The molecule has 1 aliphatic rings. The van der Waals surface area contributed by atoms with Crippen LogP contribution in [0.5, 0.6) is 0 Å². The van der Waals surface area contributed by atoms with Gasteiger partial charge in [0.1, 0.15) is 12.2 Å². The van der Waals surface area contributed by atoms with E-state index in [1.807, 2.05) is 0 Å². The highest BCUT2D eigenvalue weighted by molar-refractivity contribution is 6.70. The second kappa shape index (κ2) is 7.14. The third-order valence-electron chi connectivity index (χ3n) is 2.89. The topological polar surface area (TPSA) is 57.2 Å². The van der Waals surface area contributed by atoms with E-state index in [1.165, 1.54) is 0 Å². The Bertz CT molecular complexity index is 359. The number of hydrogen-bond acceptors (Lipinski definition) is 5. The molecule has 0 radical (unpaired) electrons. The number of hydrogen-bond donors (Lipinski definition) is 1. The molecular formula is C14H34O5Si3. The summed E-state index contributed by atoms with van der Waals surface area (Å²) in [6.45, 7) is 19.6. The van der Waals surface area contributed by atoms with Crippen molar-refractivity contribution in [3.05, 3.63) is 0 Å². The van der Waals surface area contributed by atoms with Crippen LogP contribution in [-0.2, 0) is 18.0 Å². The lowest BCUT2D eigenvalue weighted by atomic mass is 10.1. The largest absolute Gasteiger partial charge is 0.410 e. The molecule has 1 saturated heterocycles. The summed E-state index contributed by atoms with van der Waals surface area (Å²) in [4.78, 5) is 0. The van der Waals surface area contributed by atoms with Crippen LogP contribution in [0.3, 0.4) is 0 Å². The lowest BCUT2D eigenvalue weighted by Gasteiger charge is -2.46. The molecule has 0 aromatic carbocycles. The standard InChI is InChI=1S/C14H34O5Si3/c1-20(2,3)17-11-10-16-14(15)13(19-22(7,8)9)12(11)18-21(4,5)6/h11-15H,10H2,1-9H3/t11-,12+,13-,14-/m0/s1. The van der Waals surface area contributed by atoms with E-state index in [0.717, 1.165) is 0 Å². The van der Waals surface area contributed by atoms with Gasteiger partial charge in [-0.1, -0.05) is 0 Å². The van der Waals surface area contributed by atoms with Gasteiger partial charge in [-0.05, 0) is 58.9 Å². The molecule has 1 fully saturated rings. The summed E-state index contributed by atoms with van der Waals surface area (Å²) in [6.07, 6.45) is -1.87. The number of aliphatic hydroxyl groups excluding tert-OH is 1. The Balaban J connectivity index is 3.01. The fourth-order valence-corrected chi connectivity index (χ4v) is 5.68. The first-order chi connectivity index (χ1) is 9.68. The fourth-order valence-electron chi connectivity index (χ4n) is 2.40. The monoisotopic (exact) mass is 366 g/mol. The van der Waals surface area contributed by atoms with Crippen molar-refractivity contribution in [3.63, 3.8) is 0 Å². The zero-order valence-corrected chi connectivity index (χ0v) is 18.6. The van der Waals surface area contributed by atoms with E-state index in [1.54, 1.807) is 0 Å². The number of ether oxygens (including phenoxy) is 1. The summed E-state index contributed by atoms with van der Waals surface area (Å²) in [6, 6.07) is 0.